The van der Waals surface area contributed by atoms with Crippen LogP contribution in [0, 0.1) is 5.92 Å². The van der Waals surface area contributed by atoms with Gasteiger partial charge in [-0.05, 0) is 72.9 Å². The highest BCUT2D eigenvalue weighted by Crippen LogP contribution is 2.19. The number of aliphatic carboxylic acids is 2. The number of carboxylic acid groups (broad SMARTS) is 2. The Hall–Kier alpha value is -7.48. The van der Waals surface area contributed by atoms with Crippen LogP contribution in [0.25, 0.3) is 10.9 Å². The number of guanidine groups is 1. The van der Waals surface area contributed by atoms with E-state index in [1.807, 2.05) is 24.3 Å². The number of amides is 5. The van der Waals surface area contributed by atoms with Gasteiger partial charge >= 0.3 is 11.9 Å². The normalized spacial score (nSPS) is 13.8. The van der Waals surface area contributed by atoms with Gasteiger partial charge in [0.15, 0.2) is 5.96 Å². The Morgan fingerprint density at radius 2 is 1.17 bits per heavy atom. The Bertz CT molecular complexity index is 2320. The van der Waals surface area contributed by atoms with Crippen molar-refractivity contribution in [2.45, 2.75) is 101 Å². The monoisotopic (exact) mass is 912 g/mol. The number of aliphatic imine (C=N–C) groups is 1. The maximum atomic E-state index is 14.3. The third kappa shape index (κ3) is 16.6. The summed E-state index contributed by atoms with van der Waals surface area (Å²) in [6.07, 6.45) is 1.00. The highest BCUT2D eigenvalue weighted by molar-refractivity contribution is 5.97. The molecular formula is C46H60N10O10. The SMILES string of the molecule is CC(C)C[C@H](NC(=O)[C@H](Cc1ccccc1)NC(=O)[C@H](CCCN=C(N)N)NC(=O)[C@@H](N)Cc1c[nH]c2ccccc12)C(=O)N[C@@H](CCC(=O)O)C(=O)N[C@@H](Cc1ccc(O)cc1)C(=O)O. The minimum Gasteiger partial charge on any atom is -0.508 e. The maximum Gasteiger partial charge on any atom is 0.326 e. The Morgan fingerprint density at radius 1 is 0.636 bits per heavy atom. The Kier molecular flexibility index (Phi) is 19.5. The number of fused-ring (bicyclic) bond motifs is 1. The summed E-state index contributed by atoms with van der Waals surface area (Å²) in [5, 5.41) is 42.9. The number of carbonyl (C=O) groups is 7. The number of aromatic nitrogens is 1. The van der Waals surface area contributed by atoms with Crippen molar-refractivity contribution in [2.24, 2.45) is 28.1 Å². The lowest BCUT2D eigenvalue weighted by molar-refractivity contribution is -0.143. The largest absolute Gasteiger partial charge is 0.508 e. The number of phenols is 1. The van der Waals surface area contributed by atoms with E-state index >= 15 is 0 Å². The van der Waals surface area contributed by atoms with Crippen LogP contribution in [0.15, 0.2) is 90.1 Å². The van der Waals surface area contributed by atoms with Crippen LogP contribution in [-0.4, -0.2) is 111 Å². The molecule has 0 aliphatic heterocycles. The van der Waals surface area contributed by atoms with Gasteiger partial charge in [-0.15, -0.1) is 0 Å². The second-order valence-corrected chi connectivity index (χ2v) is 16.4. The van der Waals surface area contributed by atoms with Crippen LogP contribution in [0.2, 0.25) is 0 Å². The summed E-state index contributed by atoms with van der Waals surface area (Å²) in [6.45, 7) is 3.69. The summed E-state index contributed by atoms with van der Waals surface area (Å²) in [7, 11) is 0. The van der Waals surface area contributed by atoms with E-state index in [0.717, 1.165) is 16.5 Å². The van der Waals surface area contributed by atoms with Crippen molar-refractivity contribution >= 4 is 58.3 Å². The summed E-state index contributed by atoms with van der Waals surface area (Å²) in [5.74, 6) is -7.11. The van der Waals surface area contributed by atoms with Crippen LogP contribution in [0.5, 0.6) is 5.75 Å². The molecule has 66 heavy (non-hydrogen) atoms. The van der Waals surface area contributed by atoms with E-state index < -0.39 is 90.6 Å². The van der Waals surface area contributed by atoms with Crippen molar-refractivity contribution in [2.75, 3.05) is 6.54 Å². The molecule has 4 rings (SSSR count). The molecule has 0 unspecified atom stereocenters. The number of phenolic OH excluding ortho intramolecular Hbond substituents is 1. The Balaban J connectivity index is 1.55. The third-order valence-electron chi connectivity index (χ3n) is 10.6. The van der Waals surface area contributed by atoms with E-state index in [9.17, 15) is 48.9 Å². The highest BCUT2D eigenvalue weighted by atomic mass is 16.4. The van der Waals surface area contributed by atoms with Crippen molar-refractivity contribution in [1.29, 1.82) is 0 Å². The molecule has 20 nitrogen and oxygen atoms in total. The second kappa shape index (κ2) is 25.1. The van der Waals surface area contributed by atoms with Crippen LogP contribution in [0.4, 0.5) is 0 Å². The van der Waals surface area contributed by atoms with E-state index in [1.165, 1.54) is 24.3 Å². The molecule has 4 aromatic rings. The zero-order chi connectivity index (χ0) is 48.3. The van der Waals surface area contributed by atoms with Crippen molar-refractivity contribution in [3.05, 3.63) is 102 Å². The lowest BCUT2D eigenvalue weighted by Crippen LogP contribution is -2.60. The molecule has 3 aromatic carbocycles. The first-order chi connectivity index (χ1) is 31.4. The van der Waals surface area contributed by atoms with Gasteiger partial charge in [-0.1, -0.05) is 74.5 Å². The fourth-order valence-electron chi connectivity index (χ4n) is 7.14. The molecule has 0 saturated heterocycles. The number of aromatic amines is 1. The second-order valence-electron chi connectivity index (χ2n) is 16.4. The molecule has 0 fully saturated rings. The average Bonchev–Trinajstić information content (AvgIpc) is 3.68. The van der Waals surface area contributed by atoms with Gasteiger partial charge in [0.1, 0.15) is 36.0 Å². The molecule has 15 N–H and O–H groups in total. The number of rotatable bonds is 26. The lowest BCUT2D eigenvalue weighted by Gasteiger charge is -2.28. The van der Waals surface area contributed by atoms with E-state index in [2.05, 4.69) is 36.6 Å². The van der Waals surface area contributed by atoms with Crippen molar-refractivity contribution in [1.82, 2.24) is 31.6 Å². The molecule has 0 aliphatic rings. The fraction of sp³-hybridized carbons (Fsp3) is 0.391. The standard InChI is InChI=1S/C46H60N10O10/c1-26(2)21-36(43(63)53-35(18-19-39(58)59)42(62)56-38(45(65)66)23-28-14-16-30(57)17-15-28)54-44(64)37(22-27-9-4-3-5-10-27)55-41(61)34(13-8-20-50-46(48)49)52-40(60)32(47)24-29-25-51-33-12-7-6-11-31(29)33/h3-7,9-12,14-17,25-26,32,34-38,51,57H,8,13,18-24,47H2,1-2H3,(H,52,60)(H,53,63)(H,54,64)(H,55,61)(H,56,62)(H,58,59)(H,65,66)(H4,48,49,50)/t32-,34-,35-,36-,37-,38-/m0/s1. The van der Waals surface area contributed by atoms with Gasteiger partial charge in [0.05, 0.1) is 6.04 Å². The molecule has 354 valence electrons. The van der Waals surface area contributed by atoms with Crippen molar-refractivity contribution in [3.63, 3.8) is 0 Å². The van der Waals surface area contributed by atoms with Gasteiger partial charge in [0, 0.05) is 42.9 Å². The van der Waals surface area contributed by atoms with Crippen LogP contribution < -0.4 is 43.8 Å². The topological polar surface area (TPSA) is 347 Å². The summed E-state index contributed by atoms with van der Waals surface area (Å²) in [5.41, 5.74) is 20.1. The predicted octanol–water partition coefficient (Wildman–Crippen LogP) is 0.702. The molecule has 0 radical (unpaired) electrons. The number of hydrogen-bond acceptors (Lipinski definition) is 10. The van der Waals surface area contributed by atoms with E-state index in [1.54, 1.807) is 50.4 Å². The Morgan fingerprint density at radius 3 is 1.80 bits per heavy atom. The summed E-state index contributed by atoms with van der Waals surface area (Å²) in [4.78, 5) is 101. The predicted molar refractivity (Wildman–Crippen MR) is 245 cm³/mol. The lowest BCUT2D eigenvalue weighted by atomic mass is 9.99. The van der Waals surface area contributed by atoms with E-state index in [4.69, 9.17) is 17.2 Å². The summed E-state index contributed by atoms with van der Waals surface area (Å²) >= 11 is 0. The average molecular weight is 913 g/mol. The minimum atomic E-state index is -1.53. The molecule has 1 heterocycles. The van der Waals surface area contributed by atoms with Crippen molar-refractivity contribution in [3.8, 4) is 5.75 Å². The highest BCUT2D eigenvalue weighted by Gasteiger charge is 2.34. The first-order valence-electron chi connectivity index (χ1n) is 21.5. The quantitative estimate of drug-likeness (QED) is 0.0235. The third-order valence-corrected chi connectivity index (χ3v) is 10.6. The zero-order valence-corrected chi connectivity index (χ0v) is 36.9. The molecule has 1 aromatic heterocycles. The minimum absolute atomic E-state index is 0.0350. The first-order valence-corrected chi connectivity index (χ1v) is 21.5. The van der Waals surface area contributed by atoms with Gasteiger partial charge in [0.25, 0.3) is 0 Å². The number of carbonyl (C=O) groups excluding carboxylic acids is 5. The van der Waals surface area contributed by atoms with Crippen LogP contribution in [0.3, 0.4) is 0 Å². The van der Waals surface area contributed by atoms with Gasteiger partial charge in [-0.25, -0.2) is 4.79 Å². The molecule has 0 aliphatic carbocycles. The van der Waals surface area contributed by atoms with Gasteiger partial charge in [-0.2, -0.15) is 0 Å². The molecular weight excluding hydrogens is 853 g/mol. The number of nitrogens with one attached hydrogen (secondary N) is 6. The number of nitrogens with zero attached hydrogens (tertiary/aromatic N) is 1. The first kappa shape index (κ1) is 51.2. The number of H-pyrrole nitrogens is 1. The smallest absolute Gasteiger partial charge is 0.326 e. The number of hydrogen-bond donors (Lipinski definition) is 12. The maximum absolute atomic E-state index is 14.3. The molecule has 0 bridgehead atoms. The molecule has 0 spiro atoms. The van der Waals surface area contributed by atoms with Gasteiger partial charge in [0.2, 0.25) is 29.5 Å². The Labute approximate surface area is 381 Å². The summed E-state index contributed by atoms with van der Waals surface area (Å²) < 4.78 is 0. The zero-order valence-electron chi connectivity index (χ0n) is 36.9. The van der Waals surface area contributed by atoms with E-state index in [-0.39, 0.29) is 62.7 Å². The number of para-hydroxylation sites is 1. The van der Waals surface area contributed by atoms with Crippen molar-refractivity contribution < 1.29 is 48.9 Å². The number of benzene rings is 3. The molecule has 6 atom stereocenters. The van der Waals surface area contributed by atoms with Gasteiger partial charge < -0.3 is 64.1 Å². The van der Waals surface area contributed by atoms with Crippen LogP contribution in [-0.2, 0) is 52.8 Å². The number of nitrogens with two attached hydrogens (primary N) is 3. The number of carboxylic acids is 2. The van der Waals surface area contributed by atoms with Crippen LogP contribution in [0.1, 0.15) is 62.6 Å². The van der Waals surface area contributed by atoms with Crippen LogP contribution >= 0.6 is 0 Å². The number of aromatic hydroxyl groups is 1. The fourth-order valence-corrected chi connectivity index (χ4v) is 7.14. The molecule has 5 amide bonds. The summed E-state index contributed by atoms with van der Waals surface area (Å²) in [6, 6.07) is 14.0. The molecule has 0 saturated carbocycles. The van der Waals surface area contributed by atoms with Gasteiger partial charge in [-0.3, -0.25) is 33.8 Å². The molecule has 20 heteroatoms. The van der Waals surface area contributed by atoms with E-state index in [0.29, 0.717) is 11.1 Å².